The van der Waals surface area contributed by atoms with Gasteiger partial charge in [0.1, 0.15) is 5.82 Å². The minimum Gasteiger partial charge on any atom is -0.355 e. The molecule has 0 aliphatic heterocycles. The van der Waals surface area contributed by atoms with Gasteiger partial charge in [0.05, 0.1) is 6.33 Å². The highest BCUT2D eigenvalue weighted by atomic mass is 19.1. The van der Waals surface area contributed by atoms with Crippen molar-refractivity contribution in [2.75, 3.05) is 13.6 Å². The minimum atomic E-state index is -0.229. The Morgan fingerprint density at radius 3 is 3.00 bits per heavy atom. The topological polar surface area (TPSA) is 54.2 Å². The van der Waals surface area contributed by atoms with E-state index in [2.05, 4.69) is 20.6 Å². The molecule has 6 heteroatoms. The number of nitrogens with one attached hydrogen (secondary N) is 2. The third-order valence-corrected chi connectivity index (χ3v) is 2.79. The maximum Gasteiger partial charge on any atom is 0.191 e. The predicted molar refractivity (Wildman–Crippen MR) is 76.8 cm³/mol. The Balaban J connectivity index is 1.75. The molecule has 2 rings (SSSR count). The van der Waals surface area contributed by atoms with Gasteiger partial charge in [0.2, 0.25) is 0 Å². The van der Waals surface area contributed by atoms with Crippen LogP contribution < -0.4 is 10.6 Å². The van der Waals surface area contributed by atoms with Gasteiger partial charge in [-0.05, 0) is 17.7 Å². The molecule has 0 spiro atoms. The summed E-state index contributed by atoms with van der Waals surface area (Å²) in [6, 6.07) is 6.50. The number of imidazole rings is 1. The largest absolute Gasteiger partial charge is 0.355 e. The number of aliphatic imine (C=N–C) groups is 1. The molecule has 0 saturated carbocycles. The van der Waals surface area contributed by atoms with Gasteiger partial charge in [-0.2, -0.15) is 0 Å². The average Bonchev–Trinajstić information content (AvgIpc) is 2.96. The number of nitrogens with zero attached hydrogens (tertiary/aromatic N) is 3. The highest BCUT2D eigenvalue weighted by Gasteiger charge is 1.99. The van der Waals surface area contributed by atoms with Crippen molar-refractivity contribution in [1.82, 2.24) is 20.2 Å². The van der Waals surface area contributed by atoms with Gasteiger partial charge >= 0.3 is 0 Å². The molecule has 0 aliphatic carbocycles. The summed E-state index contributed by atoms with van der Waals surface area (Å²) >= 11 is 0. The van der Waals surface area contributed by atoms with Crippen molar-refractivity contribution >= 4 is 5.96 Å². The van der Waals surface area contributed by atoms with E-state index >= 15 is 0 Å². The summed E-state index contributed by atoms with van der Waals surface area (Å²) in [7, 11) is 1.71. The monoisotopic (exact) mass is 275 g/mol. The van der Waals surface area contributed by atoms with Crippen LogP contribution in [0.3, 0.4) is 0 Å². The Morgan fingerprint density at radius 1 is 1.40 bits per heavy atom. The number of aromatic nitrogens is 2. The third kappa shape index (κ3) is 4.38. The number of hydrogen-bond acceptors (Lipinski definition) is 2. The van der Waals surface area contributed by atoms with Crippen LogP contribution in [0.15, 0.2) is 48.0 Å². The Bertz CT molecular complexity index is 550. The first kappa shape index (κ1) is 14.0. The lowest BCUT2D eigenvalue weighted by molar-refractivity contribution is 0.624. The van der Waals surface area contributed by atoms with E-state index in [-0.39, 0.29) is 5.82 Å². The molecule has 1 aromatic heterocycles. The van der Waals surface area contributed by atoms with Gasteiger partial charge in [0, 0.05) is 39.1 Å². The highest BCUT2D eigenvalue weighted by Crippen LogP contribution is 2.02. The maximum atomic E-state index is 13.1. The summed E-state index contributed by atoms with van der Waals surface area (Å²) in [5, 5.41) is 6.33. The fraction of sp³-hybridized carbons (Fsp3) is 0.286. The smallest absolute Gasteiger partial charge is 0.191 e. The van der Waals surface area contributed by atoms with Crippen LogP contribution in [0.5, 0.6) is 0 Å². The van der Waals surface area contributed by atoms with Crippen LogP contribution in [0.1, 0.15) is 5.56 Å². The SMILES string of the molecule is CN=C(NCCn1ccnc1)NCc1cccc(F)c1. The molecule has 20 heavy (non-hydrogen) atoms. The zero-order valence-corrected chi connectivity index (χ0v) is 11.4. The summed E-state index contributed by atoms with van der Waals surface area (Å²) in [5.41, 5.74) is 0.877. The van der Waals surface area contributed by atoms with E-state index in [0.717, 1.165) is 18.7 Å². The third-order valence-electron chi connectivity index (χ3n) is 2.79. The molecular formula is C14H18FN5. The van der Waals surface area contributed by atoms with E-state index < -0.39 is 0 Å². The van der Waals surface area contributed by atoms with Crippen LogP contribution in [0.2, 0.25) is 0 Å². The van der Waals surface area contributed by atoms with Gasteiger partial charge in [-0.15, -0.1) is 0 Å². The molecule has 0 bridgehead atoms. The number of rotatable bonds is 5. The fourth-order valence-corrected chi connectivity index (χ4v) is 1.78. The molecule has 1 heterocycles. The van der Waals surface area contributed by atoms with Crippen LogP contribution in [0, 0.1) is 5.82 Å². The molecule has 1 aromatic carbocycles. The first-order valence-electron chi connectivity index (χ1n) is 6.42. The van der Waals surface area contributed by atoms with Crippen molar-refractivity contribution < 1.29 is 4.39 Å². The molecule has 0 unspecified atom stereocenters. The lowest BCUT2D eigenvalue weighted by Crippen LogP contribution is -2.38. The van der Waals surface area contributed by atoms with E-state index in [1.54, 1.807) is 25.6 Å². The lowest BCUT2D eigenvalue weighted by Gasteiger charge is -2.12. The van der Waals surface area contributed by atoms with Crippen molar-refractivity contribution in [3.8, 4) is 0 Å². The summed E-state index contributed by atoms with van der Waals surface area (Å²) in [6.07, 6.45) is 5.42. The Hall–Kier alpha value is -2.37. The zero-order chi connectivity index (χ0) is 14.2. The lowest BCUT2D eigenvalue weighted by atomic mass is 10.2. The number of guanidine groups is 1. The van der Waals surface area contributed by atoms with Crippen LogP contribution in [-0.4, -0.2) is 29.1 Å². The standard InChI is InChI=1S/C14H18FN5/c1-16-14(18-6-8-20-7-5-17-11-20)19-10-12-3-2-4-13(15)9-12/h2-5,7,9,11H,6,8,10H2,1H3,(H2,16,18,19). The molecular weight excluding hydrogens is 257 g/mol. The number of halogens is 1. The molecule has 106 valence electrons. The zero-order valence-electron chi connectivity index (χ0n) is 11.4. The van der Waals surface area contributed by atoms with Crippen molar-refractivity contribution in [3.05, 3.63) is 54.4 Å². The van der Waals surface area contributed by atoms with E-state index in [1.165, 1.54) is 12.1 Å². The first-order chi connectivity index (χ1) is 9.78. The highest BCUT2D eigenvalue weighted by molar-refractivity contribution is 5.79. The second-order valence-electron chi connectivity index (χ2n) is 4.28. The maximum absolute atomic E-state index is 13.1. The van der Waals surface area contributed by atoms with Crippen LogP contribution >= 0.6 is 0 Å². The van der Waals surface area contributed by atoms with Gasteiger partial charge in [0.25, 0.3) is 0 Å². The van der Waals surface area contributed by atoms with Gasteiger partial charge in [-0.3, -0.25) is 4.99 Å². The summed E-state index contributed by atoms with van der Waals surface area (Å²) in [4.78, 5) is 8.10. The summed E-state index contributed by atoms with van der Waals surface area (Å²) in [5.74, 6) is 0.460. The van der Waals surface area contributed by atoms with E-state index in [4.69, 9.17) is 0 Å². The Morgan fingerprint density at radius 2 is 2.30 bits per heavy atom. The van der Waals surface area contributed by atoms with E-state index in [0.29, 0.717) is 12.5 Å². The molecule has 0 radical (unpaired) electrons. The van der Waals surface area contributed by atoms with Crippen LogP contribution in [0.4, 0.5) is 4.39 Å². The molecule has 2 N–H and O–H groups in total. The van der Waals surface area contributed by atoms with Crippen molar-refractivity contribution in [2.24, 2.45) is 4.99 Å². The Kier molecular flexibility index (Phi) is 5.11. The van der Waals surface area contributed by atoms with Crippen molar-refractivity contribution in [3.63, 3.8) is 0 Å². The first-order valence-corrected chi connectivity index (χ1v) is 6.42. The molecule has 0 saturated heterocycles. The second-order valence-corrected chi connectivity index (χ2v) is 4.28. The molecule has 0 amide bonds. The van der Waals surface area contributed by atoms with Gasteiger partial charge < -0.3 is 15.2 Å². The van der Waals surface area contributed by atoms with Gasteiger partial charge in [0.15, 0.2) is 5.96 Å². The van der Waals surface area contributed by atoms with Crippen molar-refractivity contribution in [2.45, 2.75) is 13.1 Å². The van der Waals surface area contributed by atoms with Gasteiger partial charge in [-0.25, -0.2) is 9.37 Å². The Labute approximate surface area is 117 Å². The summed E-state index contributed by atoms with van der Waals surface area (Å²) in [6.45, 7) is 2.07. The van der Waals surface area contributed by atoms with Gasteiger partial charge in [-0.1, -0.05) is 12.1 Å². The predicted octanol–water partition coefficient (Wildman–Crippen LogP) is 1.39. The normalized spacial score (nSPS) is 11.4. The molecule has 5 nitrogen and oxygen atoms in total. The number of hydrogen-bond donors (Lipinski definition) is 2. The average molecular weight is 275 g/mol. The fourth-order valence-electron chi connectivity index (χ4n) is 1.78. The summed E-state index contributed by atoms with van der Waals surface area (Å²) < 4.78 is 15.0. The minimum absolute atomic E-state index is 0.229. The van der Waals surface area contributed by atoms with E-state index in [9.17, 15) is 4.39 Å². The molecule has 2 aromatic rings. The number of benzene rings is 1. The van der Waals surface area contributed by atoms with Crippen molar-refractivity contribution in [1.29, 1.82) is 0 Å². The molecule has 0 fully saturated rings. The molecule has 0 aliphatic rings. The quantitative estimate of drug-likeness (QED) is 0.640. The molecule has 0 atom stereocenters. The second kappa shape index (κ2) is 7.28. The van der Waals surface area contributed by atoms with Crippen LogP contribution in [0.25, 0.3) is 0 Å². The van der Waals surface area contributed by atoms with Crippen LogP contribution in [-0.2, 0) is 13.1 Å². The van der Waals surface area contributed by atoms with E-state index in [1.807, 2.05) is 16.8 Å².